The van der Waals surface area contributed by atoms with E-state index in [4.69, 9.17) is 9.47 Å². The molecule has 0 saturated carbocycles. The second kappa shape index (κ2) is 10.7. The minimum absolute atomic E-state index is 0.205. The molecule has 1 atom stereocenters. The molecule has 1 amide bonds. The number of aliphatic hydroxyl groups is 1. The fraction of sp³-hybridized carbons (Fsp3) is 0.409. The Hall–Kier alpha value is -2.97. The summed E-state index contributed by atoms with van der Waals surface area (Å²) in [5.41, 5.74) is 1.72. The summed E-state index contributed by atoms with van der Waals surface area (Å²) in [4.78, 5) is 15.7. The number of anilines is 2. The van der Waals surface area contributed by atoms with Crippen LogP contribution in [0.1, 0.15) is 0 Å². The predicted octanol–water partition coefficient (Wildman–Crippen LogP) is 2.44. The molecule has 0 aliphatic carbocycles. The smallest absolute Gasteiger partial charge is 0.411 e. The lowest BCUT2D eigenvalue weighted by Gasteiger charge is -2.37. The average molecular weight is 415 g/mol. The number of benzene rings is 2. The van der Waals surface area contributed by atoms with Gasteiger partial charge in [-0.2, -0.15) is 0 Å². The summed E-state index contributed by atoms with van der Waals surface area (Å²) in [5, 5.41) is 12.9. The van der Waals surface area contributed by atoms with Crippen LogP contribution in [0.2, 0.25) is 0 Å². The molecular formula is C22H29N3O5. The molecule has 1 heterocycles. The van der Waals surface area contributed by atoms with Crippen LogP contribution in [0, 0.1) is 0 Å². The zero-order valence-corrected chi connectivity index (χ0v) is 17.4. The number of carbonyl (C=O) groups is 1. The molecule has 1 saturated heterocycles. The molecule has 0 bridgehead atoms. The third-order valence-corrected chi connectivity index (χ3v) is 5.00. The number of methoxy groups -OCH3 is 2. The van der Waals surface area contributed by atoms with E-state index in [1.807, 2.05) is 18.2 Å². The van der Waals surface area contributed by atoms with Crippen molar-refractivity contribution in [3.8, 4) is 11.5 Å². The maximum absolute atomic E-state index is 11.2. The zero-order valence-electron chi connectivity index (χ0n) is 17.4. The van der Waals surface area contributed by atoms with Gasteiger partial charge in [-0.05, 0) is 36.4 Å². The lowest BCUT2D eigenvalue weighted by molar-refractivity contribution is 0.0663. The Kier molecular flexibility index (Phi) is 7.75. The monoisotopic (exact) mass is 415 g/mol. The number of ether oxygens (including phenoxy) is 3. The third-order valence-electron chi connectivity index (χ3n) is 5.00. The van der Waals surface area contributed by atoms with Crippen molar-refractivity contribution in [3.05, 3.63) is 48.5 Å². The molecule has 8 nitrogen and oxygen atoms in total. The third kappa shape index (κ3) is 6.01. The van der Waals surface area contributed by atoms with E-state index in [0.29, 0.717) is 18.0 Å². The predicted molar refractivity (Wildman–Crippen MR) is 116 cm³/mol. The highest BCUT2D eigenvalue weighted by molar-refractivity contribution is 5.84. The van der Waals surface area contributed by atoms with Crippen LogP contribution in [0.5, 0.6) is 11.5 Å². The van der Waals surface area contributed by atoms with E-state index in [1.54, 1.807) is 31.4 Å². The first-order valence-corrected chi connectivity index (χ1v) is 9.95. The van der Waals surface area contributed by atoms with E-state index in [-0.39, 0.29) is 6.61 Å². The first-order valence-electron chi connectivity index (χ1n) is 9.95. The highest BCUT2D eigenvalue weighted by atomic mass is 16.5. The minimum Gasteiger partial charge on any atom is -0.495 e. The van der Waals surface area contributed by atoms with Crippen molar-refractivity contribution in [1.29, 1.82) is 0 Å². The van der Waals surface area contributed by atoms with Gasteiger partial charge in [-0.15, -0.1) is 0 Å². The lowest BCUT2D eigenvalue weighted by atomic mass is 10.2. The number of piperazine rings is 1. The molecule has 0 spiro atoms. The second-order valence-corrected chi connectivity index (χ2v) is 7.07. The van der Waals surface area contributed by atoms with Crippen molar-refractivity contribution in [1.82, 2.24) is 4.90 Å². The van der Waals surface area contributed by atoms with Crippen LogP contribution in [0.25, 0.3) is 0 Å². The molecule has 1 unspecified atom stereocenters. The second-order valence-electron chi connectivity index (χ2n) is 7.07. The van der Waals surface area contributed by atoms with Gasteiger partial charge in [0.15, 0.2) is 0 Å². The summed E-state index contributed by atoms with van der Waals surface area (Å²) in [6.45, 7) is 4.25. The van der Waals surface area contributed by atoms with E-state index in [9.17, 15) is 9.90 Å². The SMILES string of the molecule is COC(=O)Nc1ccc(OCC(O)CN2CCN(c3ccccc3OC)CC2)cc1. The van der Waals surface area contributed by atoms with E-state index < -0.39 is 12.2 Å². The number of β-amino-alcohol motifs (C(OH)–C–C–N with tert-alkyl or cyclic N) is 1. The molecule has 3 rings (SSSR count). The first-order chi connectivity index (χ1) is 14.6. The number of hydrogen-bond donors (Lipinski definition) is 2. The highest BCUT2D eigenvalue weighted by Gasteiger charge is 2.21. The van der Waals surface area contributed by atoms with Crippen molar-refractivity contribution < 1.29 is 24.1 Å². The molecule has 2 N–H and O–H groups in total. The van der Waals surface area contributed by atoms with Crippen molar-refractivity contribution in [2.45, 2.75) is 6.10 Å². The summed E-state index contributed by atoms with van der Waals surface area (Å²) in [5.74, 6) is 1.51. The van der Waals surface area contributed by atoms with Crippen LogP contribution in [-0.2, 0) is 4.74 Å². The fourth-order valence-corrected chi connectivity index (χ4v) is 3.41. The number of para-hydroxylation sites is 2. The normalized spacial score (nSPS) is 15.4. The maximum atomic E-state index is 11.2. The van der Waals surface area contributed by atoms with E-state index in [0.717, 1.165) is 37.6 Å². The number of rotatable bonds is 8. The van der Waals surface area contributed by atoms with Gasteiger partial charge in [0.25, 0.3) is 0 Å². The summed E-state index contributed by atoms with van der Waals surface area (Å²) in [6.07, 6.45) is -1.11. The molecule has 162 valence electrons. The van der Waals surface area contributed by atoms with E-state index >= 15 is 0 Å². The average Bonchev–Trinajstić information content (AvgIpc) is 2.79. The molecule has 0 aromatic heterocycles. The van der Waals surface area contributed by atoms with Gasteiger partial charge in [0.2, 0.25) is 0 Å². The first kappa shape index (κ1) is 21.7. The number of amides is 1. The van der Waals surface area contributed by atoms with Crippen LogP contribution in [0.4, 0.5) is 16.2 Å². The summed E-state index contributed by atoms with van der Waals surface area (Å²) < 4.78 is 15.7. The minimum atomic E-state index is -0.587. The Morgan fingerprint density at radius 2 is 1.77 bits per heavy atom. The van der Waals surface area contributed by atoms with Crippen molar-refractivity contribution in [2.75, 3.05) is 63.8 Å². The molecule has 1 aliphatic rings. The van der Waals surface area contributed by atoms with Gasteiger partial charge < -0.3 is 24.2 Å². The van der Waals surface area contributed by atoms with Gasteiger partial charge in [0, 0.05) is 38.4 Å². The molecule has 2 aromatic rings. The molecule has 30 heavy (non-hydrogen) atoms. The molecule has 0 radical (unpaired) electrons. The topological polar surface area (TPSA) is 83.5 Å². The zero-order chi connectivity index (χ0) is 21.3. The quantitative estimate of drug-likeness (QED) is 0.685. The molecule has 1 fully saturated rings. The van der Waals surface area contributed by atoms with Crippen LogP contribution in [0.15, 0.2) is 48.5 Å². The van der Waals surface area contributed by atoms with E-state index in [2.05, 4.69) is 25.9 Å². The Labute approximate surface area is 176 Å². The van der Waals surface area contributed by atoms with Crippen LogP contribution in [0.3, 0.4) is 0 Å². The van der Waals surface area contributed by atoms with Crippen LogP contribution >= 0.6 is 0 Å². The van der Waals surface area contributed by atoms with Crippen molar-refractivity contribution in [2.24, 2.45) is 0 Å². The van der Waals surface area contributed by atoms with Gasteiger partial charge in [0.1, 0.15) is 24.2 Å². The largest absolute Gasteiger partial charge is 0.495 e. The molecule has 1 aliphatic heterocycles. The van der Waals surface area contributed by atoms with Crippen LogP contribution < -0.4 is 19.7 Å². The fourth-order valence-electron chi connectivity index (χ4n) is 3.41. The molecule has 2 aromatic carbocycles. The van der Waals surface area contributed by atoms with Gasteiger partial charge >= 0.3 is 6.09 Å². The highest BCUT2D eigenvalue weighted by Crippen LogP contribution is 2.28. The lowest BCUT2D eigenvalue weighted by Crippen LogP contribution is -2.49. The summed E-state index contributed by atoms with van der Waals surface area (Å²) >= 11 is 0. The van der Waals surface area contributed by atoms with Crippen molar-refractivity contribution in [3.63, 3.8) is 0 Å². The maximum Gasteiger partial charge on any atom is 0.411 e. The van der Waals surface area contributed by atoms with Gasteiger partial charge in [-0.25, -0.2) is 4.79 Å². The van der Waals surface area contributed by atoms with Crippen LogP contribution in [-0.4, -0.2) is 75.8 Å². The van der Waals surface area contributed by atoms with Gasteiger partial charge in [-0.1, -0.05) is 12.1 Å². The number of nitrogens with one attached hydrogen (secondary N) is 1. The Morgan fingerprint density at radius 3 is 2.43 bits per heavy atom. The van der Waals surface area contributed by atoms with Gasteiger partial charge in [-0.3, -0.25) is 10.2 Å². The number of aliphatic hydroxyl groups excluding tert-OH is 1. The Morgan fingerprint density at radius 1 is 1.07 bits per heavy atom. The van der Waals surface area contributed by atoms with E-state index in [1.165, 1.54) is 7.11 Å². The number of hydrogen-bond acceptors (Lipinski definition) is 7. The molecule has 8 heteroatoms. The molecular weight excluding hydrogens is 386 g/mol. The van der Waals surface area contributed by atoms with Crippen molar-refractivity contribution >= 4 is 17.5 Å². The summed E-state index contributed by atoms with van der Waals surface area (Å²) in [7, 11) is 3.00. The Balaban J connectivity index is 1.41. The Bertz CT molecular complexity index is 807. The summed E-state index contributed by atoms with van der Waals surface area (Å²) in [6, 6.07) is 14.9. The number of carbonyl (C=O) groups excluding carboxylic acids is 1. The standard InChI is InChI=1S/C22H29N3O5/c1-28-21-6-4-3-5-20(21)25-13-11-24(12-14-25)15-18(26)16-30-19-9-7-17(8-10-19)23-22(27)29-2/h3-10,18,26H,11-16H2,1-2H3,(H,23,27). The number of nitrogens with zero attached hydrogens (tertiary/aromatic N) is 2. The van der Waals surface area contributed by atoms with Gasteiger partial charge in [0.05, 0.1) is 19.9 Å².